The minimum Gasteiger partial charge on any atom is -0.388 e. The van der Waals surface area contributed by atoms with Crippen LogP contribution in [0.1, 0.15) is 0 Å². The largest absolute Gasteiger partial charge is 0.388 e. The van der Waals surface area contributed by atoms with Gasteiger partial charge in [-0.25, -0.2) is 0 Å². The molecule has 0 spiro atoms. The second-order valence-electron chi connectivity index (χ2n) is 9.03. The zero-order valence-corrected chi connectivity index (χ0v) is 20.4. The first-order chi connectivity index (χ1) is 19.0. The Morgan fingerprint density at radius 3 is 1.40 bits per heavy atom. The molecule has 22 nitrogen and oxygen atoms in total. The van der Waals surface area contributed by atoms with Crippen molar-refractivity contribution in [2.75, 3.05) is 19.6 Å². The summed E-state index contributed by atoms with van der Waals surface area (Å²) in [5, 5.41) is 92.4. The molecule has 0 aromatic rings. The van der Waals surface area contributed by atoms with E-state index in [0.29, 0.717) is 0 Å². The first kappa shape index (κ1) is 31.9. The van der Waals surface area contributed by atoms with E-state index in [0.717, 1.165) is 0 Å². The van der Waals surface area contributed by atoms with Crippen LogP contribution in [0.15, 0.2) is 15.3 Å². The molecule has 3 fully saturated rings. The first-order valence-electron chi connectivity index (χ1n) is 11.8. The molecule has 0 saturated carbocycles. The molecule has 0 bridgehead atoms. The van der Waals surface area contributed by atoms with E-state index in [1.54, 1.807) is 0 Å². The maximum absolute atomic E-state index is 10.9. The maximum atomic E-state index is 10.9. The van der Waals surface area contributed by atoms with E-state index in [2.05, 4.69) is 30.1 Å². The van der Waals surface area contributed by atoms with E-state index in [4.69, 9.17) is 40.3 Å². The molecular formula is C18H29N9O13. The lowest BCUT2D eigenvalue weighted by atomic mass is 9.95. The predicted molar refractivity (Wildman–Crippen MR) is 122 cm³/mol. The van der Waals surface area contributed by atoms with Gasteiger partial charge < -0.3 is 64.5 Å². The summed E-state index contributed by atoms with van der Waals surface area (Å²) in [6.07, 6.45) is -25.8. The third-order valence-corrected chi connectivity index (χ3v) is 6.53. The third kappa shape index (κ3) is 7.00. The summed E-state index contributed by atoms with van der Waals surface area (Å²) < 4.78 is 27.3. The van der Waals surface area contributed by atoms with Crippen molar-refractivity contribution >= 4 is 0 Å². The topological polar surface area (TPSA) is 354 Å². The lowest BCUT2D eigenvalue weighted by Crippen LogP contribution is -2.66. The molecule has 3 heterocycles. The van der Waals surface area contributed by atoms with Gasteiger partial charge in [0.1, 0.15) is 54.9 Å². The Kier molecular flexibility index (Phi) is 11.5. The van der Waals surface area contributed by atoms with Crippen molar-refractivity contribution in [3.8, 4) is 0 Å². The van der Waals surface area contributed by atoms with Crippen LogP contribution in [0.4, 0.5) is 0 Å². The number of nitrogens with zero attached hydrogens (tertiary/aromatic N) is 9. The third-order valence-electron chi connectivity index (χ3n) is 6.53. The molecule has 40 heavy (non-hydrogen) atoms. The molecule has 15 atom stereocenters. The van der Waals surface area contributed by atoms with Gasteiger partial charge in [0.05, 0.1) is 37.9 Å². The number of rotatable bonds is 10. The molecule has 22 heteroatoms. The predicted octanol–water partition coefficient (Wildman–Crippen LogP) is -3.62. The van der Waals surface area contributed by atoms with Crippen molar-refractivity contribution < 1.29 is 64.5 Å². The second kappa shape index (κ2) is 14.3. The zero-order chi connectivity index (χ0) is 29.6. The monoisotopic (exact) mass is 579 g/mol. The summed E-state index contributed by atoms with van der Waals surface area (Å²) in [5.74, 6) is 0. The van der Waals surface area contributed by atoms with E-state index < -0.39 is 112 Å². The molecule has 3 aliphatic rings. The Hall–Kier alpha value is -2.59. The minimum atomic E-state index is -1.97. The molecule has 3 saturated heterocycles. The highest BCUT2D eigenvalue weighted by molar-refractivity contribution is 4.97. The highest BCUT2D eigenvalue weighted by Crippen LogP contribution is 2.32. The molecule has 8 N–H and O–H groups in total. The number of aliphatic hydroxyl groups excluding tert-OH is 8. The molecule has 224 valence electrons. The van der Waals surface area contributed by atoms with E-state index in [1.165, 1.54) is 0 Å². The number of aliphatic hydroxyl groups is 8. The first-order valence-corrected chi connectivity index (χ1v) is 11.8. The van der Waals surface area contributed by atoms with E-state index >= 15 is 0 Å². The Labute approximate surface area is 223 Å². The van der Waals surface area contributed by atoms with Crippen LogP contribution < -0.4 is 0 Å². The maximum Gasteiger partial charge on any atom is 0.187 e. The quantitative estimate of drug-likeness (QED) is 0.0704. The van der Waals surface area contributed by atoms with Gasteiger partial charge in [0.25, 0.3) is 0 Å². The van der Waals surface area contributed by atoms with Gasteiger partial charge in [-0.2, -0.15) is 0 Å². The van der Waals surface area contributed by atoms with Crippen LogP contribution in [0.25, 0.3) is 31.3 Å². The van der Waals surface area contributed by atoms with E-state index in [9.17, 15) is 40.9 Å². The van der Waals surface area contributed by atoms with Gasteiger partial charge in [0, 0.05) is 14.7 Å². The van der Waals surface area contributed by atoms with E-state index in [-0.39, 0.29) is 0 Å². The van der Waals surface area contributed by atoms with Gasteiger partial charge in [-0.15, -0.1) is 0 Å². The lowest BCUT2D eigenvalue weighted by Gasteiger charge is -2.48. The molecule has 0 radical (unpaired) electrons. The fourth-order valence-corrected chi connectivity index (χ4v) is 4.41. The van der Waals surface area contributed by atoms with Crippen molar-refractivity contribution in [1.29, 1.82) is 0 Å². The summed E-state index contributed by atoms with van der Waals surface area (Å²) in [5.41, 5.74) is 25.9. The van der Waals surface area contributed by atoms with Crippen LogP contribution >= 0.6 is 0 Å². The minimum absolute atomic E-state index is 0.463. The van der Waals surface area contributed by atoms with E-state index in [1.807, 2.05) is 0 Å². The van der Waals surface area contributed by atoms with Crippen molar-refractivity contribution in [1.82, 2.24) is 0 Å². The summed E-state index contributed by atoms with van der Waals surface area (Å²) in [6.45, 7) is -1.49. The van der Waals surface area contributed by atoms with Gasteiger partial charge in [-0.1, -0.05) is 15.3 Å². The fraction of sp³-hybridized carbons (Fsp3) is 1.00. The number of ether oxygens (including phenoxy) is 5. The molecule has 3 rings (SSSR count). The molecule has 3 aliphatic heterocycles. The molecule has 0 unspecified atom stereocenters. The van der Waals surface area contributed by atoms with Gasteiger partial charge in [0.2, 0.25) is 0 Å². The number of hydrogen-bond donors (Lipinski definition) is 8. The van der Waals surface area contributed by atoms with Gasteiger partial charge >= 0.3 is 0 Å². The standard InChI is InChI=1S/C18H29N9O13/c19-25-22-1-4-7(28)8(29)12(33)17(37-4)40-15-6(3-24-27-21)38-18(13(34)10(15)31)39-14-5(2-23-26-20)36-16(35)11(32)9(14)30/h4-18,28-35H,1-3H2/t4-,5-,6-,7-,8+,9-,10-,11-,12-,13-,14-,15-,16-,17+,18+/m1/s1. The normalized spacial score (nSPS) is 45.5. The summed E-state index contributed by atoms with van der Waals surface area (Å²) >= 11 is 0. The van der Waals surface area contributed by atoms with Crippen molar-refractivity contribution in [3.05, 3.63) is 31.3 Å². The number of hydrogen-bond acceptors (Lipinski definition) is 16. The zero-order valence-electron chi connectivity index (χ0n) is 20.4. The van der Waals surface area contributed by atoms with Gasteiger partial charge in [0.15, 0.2) is 18.9 Å². The fourth-order valence-electron chi connectivity index (χ4n) is 4.41. The summed E-state index contributed by atoms with van der Waals surface area (Å²) in [7, 11) is 0. The summed E-state index contributed by atoms with van der Waals surface area (Å²) in [4.78, 5) is 7.66. The molecule has 0 aromatic carbocycles. The molecule has 0 aliphatic carbocycles. The Balaban J connectivity index is 1.81. The van der Waals surface area contributed by atoms with Crippen LogP contribution in [-0.4, -0.2) is 153 Å². The second-order valence-corrected chi connectivity index (χ2v) is 9.03. The van der Waals surface area contributed by atoms with Crippen LogP contribution in [0.5, 0.6) is 0 Å². The van der Waals surface area contributed by atoms with Crippen LogP contribution in [-0.2, 0) is 23.7 Å². The highest BCUT2D eigenvalue weighted by Gasteiger charge is 2.53. The van der Waals surface area contributed by atoms with Gasteiger partial charge in [-0.05, 0) is 16.6 Å². The van der Waals surface area contributed by atoms with Crippen LogP contribution in [0, 0.1) is 0 Å². The smallest absolute Gasteiger partial charge is 0.187 e. The average Bonchev–Trinajstić information content (AvgIpc) is 2.94. The molecular weight excluding hydrogens is 550 g/mol. The highest BCUT2D eigenvalue weighted by atomic mass is 16.7. The average molecular weight is 579 g/mol. The lowest BCUT2D eigenvalue weighted by molar-refractivity contribution is -0.372. The molecule has 0 aromatic heterocycles. The van der Waals surface area contributed by atoms with Crippen molar-refractivity contribution in [2.24, 2.45) is 15.3 Å². The number of azide groups is 3. The van der Waals surface area contributed by atoms with Crippen LogP contribution in [0.2, 0.25) is 0 Å². The Morgan fingerprint density at radius 2 is 0.900 bits per heavy atom. The van der Waals surface area contributed by atoms with Crippen molar-refractivity contribution in [2.45, 2.75) is 92.1 Å². The summed E-state index contributed by atoms with van der Waals surface area (Å²) in [6, 6.07) is 0. The Morgan fingerprint density at radius 1 is 0.500 bits per heavy atom. The van der Waals surface area contributed by atoms with Crippen molar-refractivity contribution in [3.63, 3.8) is 0 Å². The van der Waals surface area contributed by atoms with Crippen LogP contribution in [0.3, 0.4) is 0 Å². The molecule has 0 amide bonds. The SMILES string of the molecule is [N-]=[N+]=NC[C@H]1O[C@@H](O[C@H]2[C@H](O)[C@@H](O)[C@H](O[C@H]3[C@H](O)[C@@H](O)[C@H](O)O[C@@H]3CN=[N+]=[N-])O[C@@H]2CN=[N+]=[N-])[C@H](O)[C@@H](O)[C@@H]1O. The van der Waals surface area contributed by atoms with Gasteiger partial charge in [-0.3, -0.25) is 0 Å². The Bertz CT molecular complexity index is 996.